The number of carbonyl (C=O) groups is 2. The summed E-state index contributed by atoms with van der Waals surface area (Å²) in [5.41, 5.74) is 0.0601. The van der Waals surface area contributed by atoms with Crippen molar-refractivity contribution in [2.24, 2.45) is 0 Å². The summed E-state index contributed by atoms with van der Waals surface area (Å²) in [6.45, 7) is 1.39. The maximum Gasteiger partial charge on any atom is 0.332 e. The monoisotopic (exact) mass is 269 g/mol. The highest BCUT2D eigenvalue weighted by atomic mass is 127. The van der Waals surface area contributed by atoms with Gasteiger partial charge in [-0.25, -0.2) is 4.79 Å². The van der Waals surface area contributed by atoms with Gasteiger partial charge in [0.05, 0.1) is 9.15 Å². The molecule has 0 aromatic carbocycles. The lowest BCUT2D eigenvalue weighted by atomic mass is 10.3. The number of carboxylic acids is 1. The molecule has 5 heteroatoms. The van der Waals surface area contributed by atoms with Crippen LogP contribution >= 0.6 is 22.6 Å². The van der Waals surface area contributed by atoms with E-state index < -0.39 is 5.97 Å². The number of aliphatic carboxylic acids is 1. The number of rotatable bonds is 2. The van der Waals surface area contributed by atoms with E-state index in [1.165, 1.54) is 14.0 Å². The third kappa shape index (κ3) is 2.87. The van der Waals surface area contributed by atoms with E-state index in [0.29, 0.717) is 0 Å². The number of hydrogen-bond acceptors (Lipinski definition) is 2. The van der Waals surface area contributed by atoms with Crippen LogP contribution in [0.15, 0.2) is 9.15 Å². The molecule has 11 heavy (non-hydrogen) atoms. The lowest BCUT2D eigenvalue weighted by Gasteiger charge is -1.99. The molecule has 0 bridgehead atoms. The van der Waals surface area contributed by atoms with Crippen molar-refractivity contribution < 1.29 is 14.7 Å². The fraction of sp³-hybridized carbons (Fsp3) is 0.333. The van der Waals surface area contributed by atoms with E-state index in [1.807, 2.05) is 0 Å². The number of amides is 1. The summed E-state index contributed by atoms with van der Waals surface area (Å²) in [5.74, 6) is -1.44. The van der Waals surface area contributed by atoms with Gasteiger partial charge in [-0.1, -0.05) is 0 Å². The van der Waals surface area contributed by atoms with E-state index in [-0.39, 0.29) is 15.1 Å². The van der Waals surface area contributed by atoms with Crippen LogP contribution in [0.1, 0.15) is 6.92 Å². The van der Waals surface area contributed by atoms with Crippen molar-refractivity contribution >= 4 is 34.5 Å². The Labute approximate surface area is 77.8 Å². The fourth-order valence-electron chi connectivity index (χ4n) is 0.374. The minimum atomic E-state index is -1.07. The van der Waals surface area contributed by atoms with Crippen LogP contribution in [0.5, 0.6) is 0 Å². The molecule has 0 radical (unpaired) electrons. The third-order valence-electron chi connectivity index (χ3n) is 1.08. The third-order valence-corrected chi connectivity index (χ3v) is 2.38. The van der Waals surface area contributed by atoms with Crippen LogP contribution in [-0.2, 0) is 9.59 Å². The van der Waals surface area contributed by atoms with E-state index in [1.54, 1.807) is 22.6 Å². The van der Waals surface area contributed by atoms with Gasteiger partial charge in [0.2, 0.25) is 0 Å². The molecule has 0 aliphatic heterocycles. The first-order valence-electron chi connectivity index (χ1n) is 2.82. The zero-order chi connectivity index (χ0) is 9.02. The van der Waals surface area contributed by atoms with Crippen LogP contribution in [0.4, 0.5) is 0 Å². The van der Waals surface area contributed by atoms with Crippen molar-refractivity contribution in [1.29, 1.82) is 0 Å². The van der Waals surface area contributed by atoms with Gasteiger partial charge < -0.3 is 10.4 Å². The molecule has 0 saturated carbocycles. The highest BCUT2D eigenvalue weighted by molar-refractivity contribution is 14.1. The molecule has 0 spiro atoms. The van der Waals surface area contributed by atoms with Crippen molar-refractivity contribution in [2.75, 3.05) is 7.05 Å². The molecular weight excluding hydrogens is 261 g/mol. The van der Waals surface area contributed by atoms with Gasteiger partial charge in [0, 0.05) is 7.05 Å². The molecule has 62 valence electrons. The quantitative estimate of drug-likeness (QED) is 0.567. The van der Waals surface area contributed by atoms with Gasteiger partial charge in [0.15, 0.2) is 0 Å². The van der Waals surface area contributed by atoms with Crippen molar-refractivity contribution in [2.45, 2.75) is 6.92 Å². The first-order valence-corrected chi connectivity index (χ1v) is 3.90. The van der Waals surface area contributed by atoms with Crippen LogP contribution < -0.4 is 5.32 Å². The zero-order valence-electron chi connectivity index (χ0n) is 6.14. The van der Waals surface area contributed by atoms with Gasteiger partial charge in [-0.05, 0) is 29.5 Å². The van der Waals surface area contributed by atoms with Gasteiger partial charge >= 0.3 is 5.97 Å². The summed E-state index contributed by atoms with van der Waals surface area (Å²) >= 11 is 1.70. The highest BCUT2D eigenvalue weighted by Gasteiger charge is 2.11. The first kappa shape index (κ1) is 10.4. The Morgan fingerprint density at radius 3 is 2.18 bits per heavy atom. The number of nitrogens with one attached hydrogen (secondary N) is 1. The molecule has 0 rings (SSSR count). The SMILES string of the molecule is CNC(=O)/C(I)=C(/C)C(=O)O. The van der Waals surface area contributed by atoms with Crippen molar-refractivity contribution in [3.8, 4) is 0 Å². The van der Waals surface area contributed by atoms with Crippen LogP contribution in [0, 0.1) is 0 Å². The molecule has 0 aromatic heterocycles. The normalized spacial score (nSPS) is 11.9. The summed E-state index contributed by atoms with van der Waals surface area (Å²) in [6.07, 6.45) is 0. The molecule has 0 fully saturated rings. The molecule has 2 N–H and O–H groups in total. The Morgan fingerprint density at radius 1 is 1.45 bits per heavy atom. The number of carbonyl (C=O) groups excluding carboxylic acids is 1. The molecule has 0 aliphatic carbocycles. The first-order chi connectivity index (χ1) is 5.00. The lowest BCUT2D eigenvalue weighted by Crippen LogP contribution is -2.19. The average molecular weight is 269 g/mol. The summed E-state index contributed by atoms with van der Waals surface area (Å²) < 4.78 is 0.206. The summed E-state index contributed by atoms with van der Waals surface area (Å²) in [5, 5.41) is 10.8. The minimum absolute atomic E-state index is 0.0601. The van der Waals surface area contributed by atoms with E-state index >= 15 is 0 Å². The largest absolute Gasteiger partial charge is 0.478 e. The molecule has 0 atom stereocenters. The average Bonchev–Trinajstić information content (AvgIpc) is 2.00. The number of likely N-dealkylation sites (N-methyl/N-ethyl adjacent to an activating group) is 1. The molecule has 0 saturated heterocycles. The van der Waals surface area contributed by atoms with E-state index in [4.69, 9.17) is 5.11 Å². The standard InChI is InChI=1S/C6H8INO3/c1-3(6(10)11)4(7)5(9)8-2/h1-2H3,(H,8,9)(H,10,11)/b4-3+. The summed E-state index contributed by atoms with van der Waals surface area (Å²) in [4.78, 5) is 21.1. The molecule has 0 heterocycles. The summed E-state index contributed by atoms with van der Waals surface area (Å²) in [7, 11) is 1.45. The van der Waals surface area contributed by atoms with Crippen LogP contribution in [-0.4, -0.2) is 24.0 Å². The highest BCUT2D eigenvalue weighted by Crippen LogP contribution is 2.12. The molecular formula is C6H8INO3. The number of halogens is 1. The van der Waals surface area contributed by atoms with Crippen molar-refractivity contribution in [1.82, 2.24) is 5.32 Å². The van der Waals surface area contributed by atoms with Gasteiger partial charge in [-0.15, -0.1) is 0 Å². The Bertz CT molecular complexity index is 222. The topological polar surface area (TPSA) is 66.4 Å². The Hall–Kier alpha value is -0.590. The van der Waals surface area contributed by atoms with Crippen LogP contribution in [0.25, 0.3) is 0 Å². The predicted octanol–water partition coefficient (Wildman–Crippen LogP) is 0.526. The molecule has 0 aliphatic rings. The Balaban J connectivity index is 4.66. The molecule has 0 aromatic rings. The van der Waals surface area contributed by atoms with Crippen molar-refractivity contribution in [3.05, 3.63) is 9.15 Å². The predicted molar refractivity (Wildman–Crippen MR) is 48.4 cm³/mol. The number of hydrogen-bond donors (Lipinski definition) is 2. The maximum atomic E-state index is 10.8. The number of carboxylic acid groups (broad SMARTS) is 1. The van der Waals surface area contributed by atoms with Crippen molar-refractivity contribution in [3.63, 3.8) is 0 Å². The van der Waals surface area contributed by atoms with E-state index in [2.05, 4.69) is 5.32 Å². The second-order valence-corrected chi connectivity index (χ2v) is 2.90. The second kappa shape index (κ2) is 4.32. The Kier molecular flexibility index (Phi) is 4.09. The summed E-state index contributed by atoms with van der Waals surface area (Å²) in [6, 6.07) is 0. The Morgan fingerprint density at radius 2 is 1.91 bits per heavy atom. The minimum Gasteiger partial charge on any atom is -0.478 e. The van der Waals surface area contributed by atoms with Crippen LogP contribution in [0.3, 0.4) is 0 Å². The molecule has 0 unspecified atom stereocenters. The fourth-order valence-corrected chi connectivity index (χ4v) is 0.874. The lowest BCUT2D eigenvalue weighted by molar-refractivity contribution is -0.133. The maximum absolute atomic E-state index is 10.8. The van der Waals surface area contributed by atoms with Gasteiger partial charge in [0.1, 0.15) is 0 Å². The smallest absolute Gasteiger partial charge is 0.332 e. The zero-order valence-corrected chi connectivity index (χ0v) is 8.30. The molecule has 1 amide bonds. The van der Waals surface area contributed by atoms with Gasteiger partial charge in [-0.2, -0.15) is 0 Å². The van der Waals surface area contributed by atoms with E-state index in [0.717, 1.165) is 0 Å². The molecule has 4 nitrogen and oxygen atoms in total. The second-order valence-electron chi connectivity index (χ2n) is 1.82. The van der Waals surface area contributed by atoms with Gasteiger partial charge in [-0.3, -0.25) is 4.79 Å². The van der Waals surface area contributed by atoms with Crippen LogP contribution in [0.2, 0.25) is 0 Å². The van der Waals surface area contributed by atoms with E-state index in [9.17, 15) is 9.59 Å². The van der Waals surface area contributed by atoms with Gasteiger partial charge in [0.25, 0.3) is 5.91 Å².